The first-order chi connectivity index (χ1) is 11.1. The molecule has 2 heterocycles. The lowest BCUT2D eigenvalue weighted by atomic mass is 10.2. The number of rotatable bonds is 5. The summed E-state index contributed by atoms with van der Waals surface area (Å²) < 4.78 is 17.0. The zero-order chi connectivity index (χ0) is 16.2. The largest absolute Gasteiger partial charge is 0.485 e. The van der Waals surface area contributed by atoms with E-state index in [9.17, 15) is 4.79 Å². The number of aromatic nitrogens is 2. The summed E-state index contributed by atoms with van der Waals surface area (Å²) in [5, 5.41) is 11.0. The third-order valence-electron chi connectivity index (χ3n) is 2.98. The van der Waals surface area contributed by atoms with Crippen LogP contribution in [0.3, 0.4) is 0 Å². The van der Waals surface area contributed by atoms with E-state index in [0.717, 1.165) is 0 Å². The second kappa shape index (κ2) is 6.91. The molecule has 23 heavy (non-hydrogen) atoms. The van der Waals surface area contributed by atoms with Crippen molar-refractivity contribution < 1.29 is 18.7 Å². The molecule has 1 aromatic heterocycles. The van der Waals surface area contributed by atoms with Crippen LogP contribution in [0.5, 0.6) is 11.5 Å². The molecule has 0 aliphatic carbocycles. The summed E-state index contributed by atoms with van der Waals surface area (Å²) in [4.78, 5) is 11.6. The van der Waals surface area contributed by atoms with Crippen LogP contribution in [0.15, 0.2) is 33.9 Å². The van der Waals surface area contributed by atoms with Gasteiger partial charge in [0.15, 0.2) is 11.5 Å². The Morgan fingerprint density at radius 2 is 2.13 bits per heavy atom. The highest BCUT2D eigenvalue weighted by Crippen LogP contribution is 2.35. The Hall–Kier alpha value is -2.22. The maximum absolute atomic E-state index is 11.6. The van der Waals surface area contributed by atoms with Crippen LogP contribution in [-0.4, -0.2) is 34.5 Å². The molecule has 1 aromatic carbocycles. The normalized spacial score (nSPS) is 16.4. The first kappa shape index (κ1) is 15.7. The first-order valence-electron chi connectivity index (χ1n) is 7.26. The van der Waals surface area contributed by atoms with Gasteiger partial charge < -0.3 is 19.2 Å². The van der Waals surface area contributed by atoms with Crippen LogP contribution in [0.25, 0.3) is 0 Å². The van der Waals surface area contributed by atoms with Crippen LogP contribution in [0, 0.1) is 0 Å². The molecule has 0 unspecified atom stereocenters. The van der Waals surface area contributed by atoms with Crippen molar-refractivity contribution >= 4 is 17.7 Å². The van der Waals surface area contributed by atoms with Crippen LogP contribution in [0.1, 0.15) is 25.8 Å². The number of amides is 1. The molecule has 1 atom stereocenters. The Kier molecular flexibility index (Phi) is 4.71. The van der Waals surface area contributed by atoms with Crippen molar-refractivity contribution in [2.45, 2.75) is 31.2 Å². The molecule has 8 heteroatoms. The van der Waals surface area contributed by atoms with Gasteiger partial charge in [-0.05, 0) is 26.0 Å². The highest BCUT2D eigenvalue weighted by Gasteiger charge is 2.27. The molecule has 0 fully saturated rings. The molecule has 3 rings (SSSR count). The molecule has 2 aromatic rings. The number of para-hydroxylation sites is 2. The lowest BCUT2D eigenvalue weighted by Crippen LogP contribution is -2.31. The Balaban J connectivity index is 1.59. The minimum atomic E-state index is -0.448. The van der Waals surface area contributed by atoms with E-state index in [2.05, 4.69) is 15.5 Å². The molecule has 1 amide bonds. The molecule has 122 valence electrons. The summed E-state index contributed by atoms with van der Waals surface area (Å²) in [6.07, 6.45) is -0.448. The number of benzene rings is 1. The van der Waals surface area contributed by atoms with E-state index in [1.165, 1.54) is 11.8 Å². The highest BCUT2D eigenvalue weighted by molar-refractivity contribution is 7.99. The minimum absolute atomic E-state index is 0.0732. The predicted octanol–water partition coefficient (Wildman–Crippen LogP) is 2.20. The van der Waals surface area contributed by atoms with E-state index < -0.39 is 6.10 Å². The number of nitrogens with one attached hydrogen (secondary N) is 1. The van der Waals surface area contributed by atoms with E-state index >= 15 is 0 Å². The molecule has 1 N–H and O–H groups in total. The van der Waals surface area contributed by atoms with Crippen LogP contribution in [0.4, 0.5) is 0 Å². The van der Waals surface area contributed by atoms with Gasteiger partial charge in [0.05, 0.1) is 5.75 Å². The summed E-state index contributed by atoms with van der Waals surface area (Å²) >= 11 is 1.19. The molecular formula is C15H17N3O4S. The lowest BCUT2D eigenvalue weighted by Gasteiger charge is -2.23. The third kappa shape index (κ3) is 3.95. The molecule has 0 radical (unpaired) electrons. The van der Waals surface area contributed by atoms with Gasteiger partial charge in [0, 0.05) is 6.04 Å². The van der Waals surface area contributed by atoms with Gasteiger partial charge >= 0.3 is 0 Å². The van der Waals surface area contributed by atoms with Crippen molar-refractivity contribution in [2.75, 3.05) is 12.4 Å². The molecule has 7 nitrogen and oxygen atoms in total. The average Bonchev–Trinajstić information content (AvgIpc) is 3.01. The summed E-state index contributed by atoms with van der Waals surface area (Å²) in [6, 6.07) is 7.52. The first-order valence-corrected chi connectivity index (χ1v) is 8.24. The Morgan fingerprint density at radius 3 is 2.91 bits per heavy atom. The highest BCUT2D eigenvalue weighted by atomic mass is 32.2. The van der Waals surface area contributed by atoms with Gasteiger partial charge in [-0.3, -0.25) is 4.79 Å². The number of ether oxygens (including phenoxy) is 2. The Labute approximate surface area is 137 Å². The Morgan fingerprint density at radius 1 is 1.35 bits per heavy atom. The molecular weight excluding hydrogens is 318 g/mol. The van der Waals surface area contributed by atoms with Crippen LogP contribution < -0.4 is 14.8 Å². The maximum atomic E-state index is 11.6. The van der Waals surface area contributed by atoms with E-state index in [4.69, 9.17) is 13.9 Å². The number of hydrogen-bond acceptors (Lipinski definition) is 7. The molecule has 0 saturated carbocycles. The number of thioether (sulfide) groups is 1. The van der Waals surface area contributed by atoms with Crippen molar-refractivity contribution in [2.24, 2.45) is 0 Å². The van der Waals surface area contributed by atoms with Gasteiger partial charge in [0.1, 0.15) is 6.61 Å². The molecule has 0 spiro atoms. The number of nitrogens with zero attached hydrogens (tertiary/aromatic N) is 2. The zero-order valence-electron chi connectivity index (χ0n) is 12.8. The molecule has 0 saturated heterocycles. The van der Waals surface area contributed by atoms with Crippen molar-refractivity contribution in [3.63, 3.8) is 0 Å². The van der Waals surface area contributed by atoms with Gasteiger partial charge in [0.25, 0.3) is 11.1 Å². The summed E-state index contributed by atoms with van der Waals surface area (Å²) in [5.41, 5.74) is 0. The monoisotopic (exact) mass is 335 g/mol. The van der Waals surface area contributed by atoms with E-state index in [1.54, 1.807) is 0 Å². The van der Waals surface area contributed by atoms with Crippen LogP contribution in [-0.2, 0) is 4.79 Å². The lowest BCUT2D eigenvalue weighted by molar-refractivity contribution is -0.119. The van der Waals surface area contributed by atoms with Crippen LogP contribution in [0.2, 0.25) is 0 Å². The second-order valence-corrected chi connectivity index (χ2v) is 6.21. The van der Waals surface area contributed by atoms with Gasteiger partial charge in [0.2, 0.25) is 12.0 Å². The SMILES string of the molecule is CC(C)NC(=O)CSc1nnc([C@H]2COc3ccccc3O2)o1. The van der Waals surface area contributed by atoms with Crippen molar-refractivity contribution in [1.29, 1.82) is 0 Å². The summed E-state index contributed by atoms with van der Waals surface area (Å²) in [7, 11) is 0. The van der Waals surface area contributed by atoms with Gasteiger partial charge in [-0.2, -0.15) is 0 Å². The molecule has 1 aliphatic rings. The van der Waals surface area contributed by atoms with Crippen molar-refractivity contribution in [3.05, 3.63) is 30.2 Å². The maximum Gasteiger partial charge on any atom is 0.277 e. The number of hydrogen-bond donors (Lipinski definition) is 1. The zero-order valence-corrected chi connectivity index (χ0v) is 13.6. The number of carbonyl (C=O) groups is 1. The average molecular weight is 335 g/mol. The van der Waals surface area contributed by atoms with E-state index in [-0.39, 0.29) is 17.7 Å². The number of fused-ring (bicyclic) bond motifs is 1. The Bertz CT molecular complexity index is 689. The van der Waals surface area contributed by atoms with E-state index in [0.29, 0.717) is 29.2 Å². The molecule has 0 bridgehead atoms. The topological polar surface area (TPSA) is 86.5 Å². The summed E-state index contributed by atoms with van der Waals surface area (Å²) in [5.74, 6) is 1.84. The smallest absolute Gasteiger partial charge is 0.277 e. The quantitative estimate of drug-likeness (QED) is 0.838. The van der Waals surface area contributed by atoms with Crippen molar-refractivity contribution in [1.82, 2.24) is 15.5 Å². The number of carbonyl (C=O) groups excluding carboxylic acids is 1. The fraction of sp³-hybridized carbons (Fsp3) is 0.400. The van der Waals surface area contributed by atoms with Crippen LogP contribution >= 0.6 is 11.8 Å². The second-order valence-electron chi connectivity index (χ2n) is 5.28. The third-order valence-corrected chi connectivity index (χ3v) is 3.80. The fourth-order valence-electron chi connectivity index (χ4n) is 2.04. The van der Waals surface area contributed by atoms with Gasteiger partial charge in [-0.25, -0.2) is 0 Å². The standard InChI is InChI=1S/C15H17N3O4S/c1-9(2)16-13(19)8-23-15-18-17-14(22-15)12-7-20-10-5-3-4-6-11(10)21-12/h3-6,9,12H,7-8H2,1-2H3,(H,16,19)/t12-/m1/s1. The predicted molar refractivity (Wildman–Crippen MR) is 83.6 cm³/mol. The van der Waals surface area contributed by atoms with Gasteiger partial charge in [-0.15, -0.1) is 10.2 Å². The fourth-order valence-corrected chi connectivity index (χ4v) is 2.62. The van der Waals surface area contributed by atoms with E-state index in [1.807, 2.05) is 38.1 Å². The van der Waals surface area contributed by atoms with Gasteiger partial charge in [-0.1, -0.05) is 23.9 Å². The molecule has 1 aliphatic heterocycles. The van der Waals surface area contributed by atoms with Crippen molar-refractivity contribution in [3.8, 4) is 11.5 Å². The minimum Gasteiger partial charge on any atom is -0.485 e. The summed E-state index contributed by atoms with van der Waals surface area (Å²) in [6.45, 7) is 4.12.